The molecule has 0 saturated heterocycles. The molecule has 0 aliphatic carbocycles. The van der Waals surface area contributed by atoms with Crippen LogP contribution in [0.1, 0.15) is 41.5 Å². The first kappa shape index (κ1) is 16.5. The molecule has 0 N–H and O–H groups in total. The van der Waals surface area contributed by atoms with Gasteiger partial charge in [-0.3, -0.25) is 0 Å². The van der Waals surface area contributed by atoms with Gasteiger partial charge in [-0.15, -0.1) is 0 Å². The molecule has 0 radical (unpaired) electrons. The molecule has 1 nitrogen and oxygen atoms in total. The fourth-order valence-corrected chi connectivity index (χ4v) is 10.9. The molecule has 23 heavy (non-hydrogen) atoms. The fraction of sp³-hybridized carbons (Fsp3) is 0.429. The Morgan fingerprint density at radius 3 is 1.96 bits per heavy atom. The summed E-state index contributed by atoms with van der Waals surface area (Å²) in [5.74, 6) is 1.11. The van der Waals surface area contributed by atoms with Crippen LogP contribution in [0.4, 0.5) is 0 Å². The average molecular weight is 328 g/mol. The third kappa shape index (κ3) is 2.41. The van der Waals surface area contributed by atoms with Gasteiger partial charge in [-0.05, 0) is 0 Å². The second-order valence-corrected chi connectivity index (χ2v) is 14.3. The first-order valence-electron chi connectivity index (χ1n) is 8.50. The summed E-state index contributed by atoms with van der Waals surface area (Å²) < 4.78 is 6.29. The Morgan fingerprint density at radius 2 is 1.39 bits per heavy atom. The summed E-state index contributed by atoms with van der Waals surface area (Å²) in [4.78, 5) is 0. The van der Waals surface area contributed by atoms with Crippen LogP contribution in [0.25, 0.3) is 11.1 Å². The second-order valence-electron chi connectivity index (χ2n) is 8.74. The van der Waals surface area contributed by atoms with E-state index in [-0.39, 0.29) is 10.3 Å². The quantitative estimate of drug-likeness (QED) is 0.612. The summed E-state index contributed by atoms with van der Waals surface area (Å²) in [6.07, 6.45) is 0.888. The zero-order valence-electron chi connectivity index (χ0n) is 15.2. The van der Waals surface area contributed by atoms with E-state index in [9.17, 15) is 0 Å². The number of rotatable bonds is 1. The van der Waals surface area contributed by atoms with Crippen molar-refractivity contribution in [2.24, 2.45) is 0 Å². The monoisotopic (exact) mass is 328 g/mol. The molecule has 3 rings (SSSR count). The number of ether oxygens (including phenoxy) is 1. The molecule has 1 aliphatic heterocycles. The van der Waals surface area contributed by atoms with Gasteiger partial charge >= 0.3 is 141 Å². The van der Waals surface area contributed by atoms with Gasteiger partial charge in [0.1, 0.15) is 0 Å². The normalized spacial score (nSPS) is 18.2. The molecule has 1 heterocycles. The molecule has 2 aromatic carbocycles. The zero-order chi connectivity index (χ0) is 16.9. The van der Waals surface area contributed by atoms with Gasteiger partial charge in [-0.25, -0.2) is 0 Å². The van der Waals surface area contributed by atoms with Crippen LogP contribution in [0.5, 0.6) is 5.75 Å². The standard InChI is InChI=1S/C21H29OP/c1-20(2,3)23(21(4,5)6)15-22-18-14-10-13-17(19(18)23)16-11-8-7-9-12-16/h7-14,23H,15H2,1-6H3. The van der Waals surface area contributed by atoms with E-state index in [0.717, 1.165) is 12.1 Å². The van der Waals surface area contributed by atoms with Crippen LogP contribution in [0.2, 0.25) is 0 Å². The van der Waals surface area contributed by atoms with E-state index < -0.39 is 7.26 Å². The minimum atomic E-state index is -1.91. The minimum absolute atomic E-state index is 0.237. The Labute approximate surface area is 141 Å². The predicted octanol–water partition coefficient (Wildman–Crippen LogP) is 5.68. The van der Waals surface area contributed by atoms with Crippen molar-refractivity contribution < 1.29 is 4.74 Å². The zero-order valence-corrected chi connectivity index (χ0v) is 16.2. The van der Waals surface area contributed by atoms with E-state index in [1.165, 1.54) is 16.4 Å². The van der Waals surface area contributed by atoms with Gasteiger partial charge in [0, 0.05) is 0 Å². The number of fused-ring (bicyclic) bond motifs is 1. The second kappa shape index (κ2) is 5.35. The van der Waals surface area contributed by atoms with Crippen molar-refractivity contribution in [3.63, 3.8) is 0 Å². The van der Waals surface area contributed by atoms with Crippen LogP contribution >= 0.6 is 7.26 Å². The Kier molecular flexibility index (Phi) is 3.84. The van der Waals surface area contributed by atoms with Crippen LogP contribution in [-0.2, 0) is 0 Å². The van der Waals surface area contributed by atoms with Crippen molar-refractivity contribution in [3.05, 3.63) is 48.5 Å². The van der Waals surface area contributed by atoms with Gasteiger partial charge in [-0.1, -0.05) is 0 Å². The number of hydrogen-bond acceptors (Lipinski definition) is 1. The average Bonchev–Trinajstić information content (AvgIpc) is 2.88. The first-order valence-corrected chi connectivity index (χ1v) is 10.7. The molecule has 2 aromatic rings. The van der Waals surface area contributed by atoms with Gasteiger partial charge in [0.25, 0.3) is 0 Å². The summed E-state index contributed by atoms with van der Waals surface area (Å²) in [7, 11) is -1.91. The topological polar surface area (TPSA) is 9.23 Å². The van der Waals surface area contributed by atoms with Gasteiger partial charge in [0.15, 0.2) is 0 Å². The summed E-state index contributed by atoms with van der Waals surface area (Å²) in [6, 6.07) is 17.4. The third-order valence-corrected chi connectivity index (χ3v) is 12.6. The van der Waals surface area contributed by atoms with Crippen molar-refractivity contribution in [1.29, 1.82) is 0 Å². The van der Waals surface area contributed by atoms with E-state index in [2.05, 4.69) is 90.1 Å². The van der Waals surface area contributed by atoms with E-state index in [0.29, 0.717) is 0 Å². The first-order chi connectivity index (χ1) is 10.7. The van der Waals surface area contributed by atoms with Gasteiger partial charge < -0.3 is 0 Å². The molecule has 0 fully saturated rings. The number of hydrogen-bond donors (Lipinski definition) is 0. The summed E-state index contributed by atoms with van der Waals surface area (Å²) in [5.41, 5.74) is 2.68. The summed E-state index contributed by atoms with van der Waals surface area (Å²) in [6.45, 7) is 14.4. The Bertz CT molecular complexity index is 691. The van der Waals surface area contributed by atoms with Crippen LogP contribution < -0.4 is 10.0 Å². The maximum absolute atomic E-state index is 6.29. The Morgan fingerprint density at radius 1 is 0.783 bits per heavy atom. The maximum atomic E-state index is 6.29. The van der Waals surface area contributed by atoms with E-state index in [1.54, 1.807) is 0 Å². The Balaban J connectivity index is 2.34. The molecule has 0 atom stereocenters. The molecule has 0 saturated carbocycles. The molecule has 0 bridgehead atoms. The van der Waals surface area contributed by atoms with Gasteiger partial charge in [0.05, 0.1) is 0 Å². The molecule has 0 spiro atoms. The molecular weight excluding hydrogens is 299 g/mol. The third-order valence-electron chi connectivity index (χ3n) is 5.54. The molecular formula is C21H29OP. The van der Waals surface area contributed by atoms with Gasteiger partial charge in [0.2, 0.25) is 0 Å². The van der Waals surface area contributed by atoms with Crippen LogP contribution in [0, 0.1) is 0 Å². The Hall–Kier alpha value is -1.33. The van der Waals surface area contributed by atoms with Gasteiger partial charge in [-0.2, -0.15) is 0 Å². The van der Waals surface area contributed by atoms with Crippen molar-refractivity contribution in [2.45, 2.75) is 51.9 Å². The van der Waals surface area contributed by atoms with E-state index in [4.69, 9.17) is 4.74 Å². The fourth-order valence-electron chi connectivity index (χ4n) is 4.52. The molecule has 0 amide bonds. The van der Waals surface area contributed by atoms with Crippen molar-refractivity contribution in [1.82, 2.24) is 0 Å². The summed E-state index contributed by atoms with van der Waals surface area (Å²) in [5, 5.41) is 1.99. The van der Waals surface area contributed by atoms with Crippen molar-refractivity contribution >= 4 is 12.6 Å². The van der Waals surface area contributed by atoms with E-state index >= 15 is 0 Å². The molecule has 124 valence electrons. The SMILES string of the molecule is CC(C)(C)[PH]1(C(C)(C)C)COc2cccc(-c3ccccc3)c21. The van der Waals surface area contributed by atoms with Crippen LogP contribution in [-0.4, -0.2) is 16.7 Å². The number of benzene rings is 2. The van der Waals surface area contributed by atoms with E-state index in [1.807, 2.05) is 0 Å². The predicted molar refractivity (Wildman–Crippen MR) is 105 cm³/mol. The molecule has 2 heteroatoms. The van der Waals surface area contributed by atoms with Crippen molar-refractivity contribution in [2.75, 3.05) is 6.35 Å². The summed E-state index contributed by atoms with van der Waals surface area (Å²) >= 11 is 0. The molecule has 0 aromatic heterocycles. The molecule has 0 unspecified atom stereocenters. The van der Waals surface area contributed by atoms with Crippen LogP contribution in [0.15, 0.2) is 48.5 Å². The van der Waals surface area contributed by atoms with Crippen LogP contribution in [0.3, 0.4) is 0 Å². The molecule has 1 aliphatic rings. The van der Waals surface area contributed by atoms with Crippen molar-refractivity contribution in [3.8, 4) is 16.9 Å².